The van der Waals surface area contributed by atoms with Crippen LogP contribution in [0.1, 0.15) is 40.9 Å². The number of carbonyl (C=O) groups excluding carboxylic acids is 1. The minimum atomic E-state index is -0.0861. The predicted octanol–water partition coefficient (Wildman–Crippen LogP) is 2.97. The van der Waals surface area contributed by atoms with Gasteiger partial charge in [0.2, 0.25) is 0 Å². The predicted molar refractivity (Wildman–Crippen MR) is 85.2 cm³/mol. The topological polar surface area (TPSA) is 49.3 Å². The highest BCUT2D eigenvalue weighted by molar-refractivity contribution is 7.08. The lowest BCUT2D eigenvalue weighted by molar-refractivity contribution is 0.0940. The number of aliphatic hydroxyl groups is 1. The Balaban J connectivity index is 2.06. The van der Waals surface area contributed by atoms with E-state index in [1.807, 2.05) is 48.0 Å². The van der Waals surface area contributed by atoms with Crippen LogP contribution < -0.4 is 5.32 Å². The fourth-order valence-electron chi connectivity index (χ4n) is 1.86. The first-order valence-corrected chi connectivity index (χ1v) is 7.67. The monoisotopic (exact) mass is 299 g/mol. The number of rotatable bonds is 4. The second kappa shape index (κ2) is 7.63. The summed E-state index contributed by atoms with van der Waals surface area (Å²) < 4.78 is 0. The lowest BCUT2D eigenvalue weighted by Crippen LogP contribution is -2.26. The van der Waals surface area contributed by atoms with E-state index in [-0.39, 0.29) is 18.6 Å². The van der Waals surface area contributed by atoms with E-state index >= 15 is 0 Å². The van der Waals surface area contributed by atoms with E-state index in [9.17, 15) is 4.79 Å². The van der Waals surface area contributed by atoms with Crippen LogP contribution in [0.25, 0.3) is 0 Å². The fraction of sp³-hybridized carbons (Fsp3) is 0.235. The maximum Gasteiger partial charge on any atom is 0.252 e. The number of benzene rings is 1. The molecule has 108 valence electrons. The van der Waals surface area contributed by atoms with Gasteiger partial charge in [-0.25, -0.2) is 0 Å². The van der Waals surface area contributed by atoms with Crippen molar-refractivity contribution in [2.75, 3.05) is 6.61 Å². The molecule has 0 aliphatic carbocycles. The third-order valence-electron chi connectivity index (χ3n) is 2.99. The van der Waals surface area contributed by atoms with Gasteiger partial charge in [0.05, 0.1) is 18.2 Å². The summed E-state index contributed by atoms with van der Waals surface area (Å²) in [6.07, 6.45) is 0.467. The Labute approximate surface area is 128 Å². The maximum absolute atomic E-state index is 12.0. The Morgan fingerprint density at radius 3 is 3.00 bits per heavy atom. The van der Waals surface area contributed by atoms with Gasteiger partial charge >= 0.3 is 0 Å². The summed E-state index contributed by atoms with van der Waals surface area (Å²) in [5, 5.41) is 15.4. The van der Waals surface area contributed by atoms with E-state index in [4.69, 9.17) is 5.11 Å². The lowest BCUT2D eigenvalue weighted by atomic mass is 10.0. The molecule has 0 aliphatic rings. The summed E-state index contributed by atoms with van der Waals surface area (Å²) in [6.45, 7) is 2.02. The Bertz CT molecular complexity index is 653. The van der Waals surface area contributed by atoms with Crippen molar-refractivity contribution in [3.8, 4) is 11.8 Å². The molecule has 0 saturated heterocycles. The third-order valence-corrected chi connectivity index (χ3v) is 3.67. The van der Waals surface area contributed by atoms with Crippen LogP contribution in [-0.4, -0.2) is 17.6 Å². The molecule has 2 N–H and O–H groups in total. The highest BCUT2D eigenvalue weighted by Gasteiger charge is 2.11. The summed E-state index contributed by atoms with van der Waals surface area (Å²) in [4.78, 5) is 12.0. The van der Waals surface area contributed by atoms with Crippen molar-refractivity contribution in [1.82, 2.24) is 5.32 Å². The first-order chi connectivity index (χ1) is 10.2. The molecule has 0 saturated carbocycles. The van der Waals surface area contributed by atoms with Gasteiger partial charge in [0, 0.05) is 17.4 Å². The van der Waals surface area contributed by atoms with E-state index in [0.29, 0.717) is 12.0 Å². The molecule has 2 rings (SSSR count). The average Bonchev–Trinajstić information content (AvgIpc) is 3.02. The first kappa shape index (κ1) is 15.3. The van der Waals surface area contributed by atoms with Gasteiger partial charge in [0.25, 0.3) is 5.91 Å². The van der Waals surface area contributed by atoms with Crippen molar-refractivity contribution in [3.05, 3.63) is 57.8 Å². The van der Waals surface area contributed by atoms with Crippen molar-refractivity contribution in [2.24, 2.45) is 0 Å². The van der Waals surface area contributed by atoms with E-state index in [0.717, 1.165) is 11.1 Å². The van der Waals surface area contributed by atoms with E-state index in [1.165, 1.54) is 11.3 Å². The van der Waals surface area contributed by atoms with Crippen LogP contribution in [0.2, 0.25) is 0 Å². The number of aliphatic hydroxyl groups excluding tert-OH is 1. The van der Waals surface area contributed by atoms with Gasteiger partial charge in [-0.05, 0) is 36.1 Å². The molecule has 1 aromatic carbocycles. The SMILES string of the molecule is CC(NC(=O)c1ccsc1)c1cccc(C#CCCO)c1. The molecule has 2 aromatic rings. The normalized spacial score (nSPS) is 11.3. The standard InChI is InChI=1S/C17H17NO2S/c1-13(18-17(20)16-8-10-21-12-16)15-7-4-6-14(11-15)5-2-3-9-19/h4,6-8,10-13,19H,3,9H2,1H3,(H,18,20). The van der Waals surface area contributed by atoms with Crippen LogP contribution in [0.15, 0.2) is 41.1 Å². The first-order valence-electron chi connectivity index (χ1n) is 6.73. The van der Waals surface area contributed by atoms with Crippen LogP contribution in [0, 0.1) is 11.8 Å². The molecule has 0 spiro atoms. The highest BCUT2D eigenvalue weighted by atomic mass is 32.1. The maximum atomic E-state index is 12.0. The zero-order chi connectivity index (χ0) is 15.1. The largest absolute Gasteiger partial charge is 0.395 e. The molecule has 1 heterocycles. The minimum Gasteiger partial charge on any atom is -0.395 e. The zero-order valence-corrected chi connectivity index (χ0v) is 12.6. The Morgan fingerprint density at radius 2 is 2.29 bits per heavy atom. The molecule has 0 radical (unpaired) electrons. The van der Waals surface area contributed by atoms with E-state index < -0.39 is 0 Å². The van der Waals surface area contributed by atoms with Gasteiger partial charge in [-0.2, -0.15) is 11.3 Å². The van der Waals surface area contributed by atoms with Gasteiger partial charge in [-0.3, -0.25) is 4.79 Å². The summed E-state index contributed by atoms with van der Waals surface area (Å²) in [6, 6.07) is 9.49. The quantitative estimate of drug-likeness (QED) is 0.853. The number of nitrogens with one attached hydrogen (secondary N) is 1. The Kier molecular flexibility index (Phi) is 5.56. The second-order valence-electron chi connectivity index (χ2n) is 4.61. The van der Waals surface area contributed by atoms with Crippen molar-refractivity contribution in [1.29, 1.82) is 0 Å². The van der Waals surface area contributed by atoms with Crippen molar-refractivity contribution >= 4 is 17.2 Å². The smallest absolute Gasteiger partial charge is 0.252 e. The van der Waals surface area contributed by atoms with E-state index in [1.54, 1.807) is 0 Å². The molecule has 3 nitrogen and oxygen atoms in total. The van der Waals surface area contributed by atoms with Crippen LogP contribution >= 0.6 is 11.3 Å². The summed E-state index contributed by atoms with van der Waals surface area (Å²) in [7, 11) is 0. The van der Waals surface area contributed by atoms with Crippen LogP contribution in [0.4, 0.5) is 0 Å². The van der Waals surface area contributed by atoms with Gasteiger partial charge in [-0.15, -0.1) is 0 Å². The molecule has 1 atom stereocenters. The van der Waals surface area contributed by atoms with E-state index in [2.05, 4.69) is 17.2 Å². The number of hydrogen-bond donors (Lipinski definition) is 2. The molecule has 21 heavy (non-hydrogen) atoms. The van der Waals surface area contributed by atoms with Crippen molar-refractivity contribution in [3.63, 3.8) is 0 Å². The van der Waals surface area contributed by atoms with Crippen molar-refractivity contribution < 1.29 is 9.90 Å². The molecule has 4 heteroatoms. The number of thiophene rings is 1. The summed E-state index contributed by atoms with van der Waals surface area (Å²) in [5.41, 5.74) is 2.58. The van der Waals surface area contributed by atoms with Gasteiger partial charge in [0.1, 0.15) is 0 Å². The van der Waals surface area contributed by atoms with Gasteiger partial charge in [0.15, 0.2) is 0 Å². The molecular formula is C17H17NO2S. The number of carbonyl (C=O) groups is 1. The molecule has 0 fully saturated rings. The van der Waals surface area contributed by atoms with Crippen molar-refractivity contribution in [2.45, 2.75) is 19.4 Å². The summed E-state index contributed by atoms with van der Waals surface area (Å²) in [5.74, 6) is 5.83. The van der Waals surface area contributed by atoms with Crippen LogP contribution in [0.3, 0.4) is 0 Å². The number of hydrogen-bond acceptors (Lipinski definition) is 3. The minimum absolute atomic E-state index is 0.0690. The summed E-state index contributed by atoms with van der Waals surface area (Å²) >= 11 is 1.50. The molecule has 0 bridgehead atoms. The fourth-order valence-corrected chi connectivity index (χ4v) is 2.50. The Morgan fingerprint density at radius 1 is 1.43 bits per heavy atom. The number of amides is 1. The molecule has 0 aliphatic heterocycles. The molecule has 1 amide bonds. The molecule has 1 unspecified atom stereocenters. The van der Waals surface area contributed by atoms with Crippen LogP contribution in [0.5, 0.6) is 0 Å². The molecular weight excluding hydrogens is 282 g/mol. The average molecular weight is 299 g/mol. The second-order valence-corrected chi connectivity index (χ2v) is 5.39. The molecule has 1 aromatic heterocycles. The Hall–Kier alpha value is -2.09. The third kappa shape index (κ3) is 4.45. The lowest BCUT2D eigenvalue weighted by Gasteiger charge is -2.14. The highest BCUT2D eigenvalue weighted by Crippen LogP contribution is 2.15. The zero-order valence-electron chi connectivity index (χ0n) is 11.8. The van der Waals surface area contributed by atoms with Gasteiger partial charge < -0.3 is 10.4 Å². The van der Waals surface area contributed by atoms with Crippen LogP contribution in [-0.2, 0) is 0 Å². The van der Waals surface area contributed by atoms with Gasteiger partial charge in [-0.1, -0.05) is 24.0 Å².